The maximum Gasteiger partial charge on any atom is 0.223 e. The van der Waals surface area contributed by atoms with Gasteiger partial charge in [-0.2, -0.15) is 0 Å². The second kappa shape index (κ2) is 8.15. The molecule has 1 saturated carbocycles. The van der Waals surface area contributed by atoms with Gasteiger partial charge >= 0.3 is 0 Å². The van der Waals surface area contributed by atoms with Crippen LogP contribution in [-0.4, -0.2) is 47.8 Å². The van der Waals surface area contributed by atoms with Gasteiger partial charge in [0.1, 0.15) is 0 Å². The van der Waals surface area contributed by atoms with Crippen LogP contribution in [0.5, 0.6) is 0 Å². The summed E-state index contributed by atoms with van der Waals surface area (Å²) >= 11 is 0. The largest absolute Gasteiger partial charge is 0.379 e. The Kier molecular flexibility index (Phi) is 5.34. The molecule has 1 aromatic heterocycles. The highest BCUT2D eigenvalue weighted by atomic mass is 16.5. The second-order valence-electron chi connectivity index (χ2n) is 9.20. The summed E-state index contributed by atoms with van der Waals surface area (Å²) in [6.07, 6.45) is 11.4. The number of nitrogens with zero attached hydrogens (tertiary/aromatic N) is 3. The normalized spacial score (nSPS) is 23.8. The Morgan fingerprint density at radius 1 is 1.13 bits per heavy atom. The van der Waals surface area contributed by atoms with Gasteiger partial charge in [0.15, 0.2) is 0 Å². The van der Waals surface area contributed by atoms with Gasteiger partial charge in [-0.1, -0.05) is 6.08 Å². The van der Waals surface area contributed by atoms with E-state index < -0.39 is 0 Å². The number of piperidine rings is 1. The number of benzene rings is 1. The van der Waals surface area contributed by atoms with Crippen LogP contribution in [0.25, 0.3) is 16.7 Å². The molecular formula is C25H32N4O2. The van der Waals surface area contributed by atoms with E-state index in [1.54, 1.807) is 7.11 Å². The molecule has 2 fully saturated rings. The molecule has 164 valence electrons. The SMILES string of the molecule is CO[C@H]1CCCC1NC(=O)C1CCN(c2nc3cc(C)c(C)cc3n2C2=CC=C2)CC1. The first-order valence-electron chi connectivity index (χ1n) is 11.5. The minimum absolute atomic E-state index is 0.0690. The molecule has 2 aliphatic carbocycles. The highest BCUT2D eigenvalue weighted by molar-refractivity contribution is 5.88. The lowest BCUT2D eigenvalue weighted by atomic mass is 9.95. The highest BCUT2D eigenvalue weighted by Gasteiger charge is 2.33. The van der Waals surface area contributed by atoms with E-state index in [9.17, 15) is 4.79 Å². The predicted octanol–water partition coefficient (Wildman–Crippen LogP) is 3.96. The number of imidazole rings is 1. The lowest BCUT2D eigenvalue weighted by Crippen LogP contribution is -2.46. The van der Waals surface area contributed by atoms with E-state index >= 15 is 0 Å². The fourth-order valence-corrected chi connectivity index (χ4v) is 5.13. The van der Waals surface area contributed by atoms with E-state index in [4.69, 9.17) is 9.72 Å². The molecule has 2 aromatic rings. The molecule has 6 heteroatoms. The molecule has 1 amide bonds. The zero-order chi connectivity index (χ0) is 21.5. The summed E-state index contributed by atoms with van der Waals surface area (Å²) in [5.74, 6) is 1.25. The number of ether oxygens (including phenoxy) is 1. The third-order valence-corrected chi connectivity index (χ3v) is 7.28. The lowest BCUT2D eigenvalue weighted by Gasteiger charge is -2.33. The van der Waals surface area contributed by atoms with E-state index in [0.29, 0.717) is 0 Å². The average molecular weight is 421 g/mol. The Morgan fingerprint density at radius 2 is 1.87 bits per heavy atom. The van der Waals surface area contributed by atoms with Crippen LogP contribution >= 0.6 is 0 Å². The molecule has 3 aliphatic rings. The van der Waals surface area contributed by atoms with Crippen LogP contribution in [0.1, 0.15) is 43.2 Å². The van der Waals surface area contributed by atoms with Gasteiger partial charge in [0, 0.05) is 31.8 Å². The molecule has 0 bridgehead atoms. The number of aromatic nitrogens is 2. The van der Waals surface area contributed by atoms with Crippen molar-refractivity contribution in [3.63, 3.8) is 0 Å². The molecule has 0 radical (unpaired) electrons. The summed E-state index contributed by atoms with van der Waals surface area (Å²) in [5, 5.41) is 3.26. The van der Waals surface area contributed by atoms with Gasteiger partial charge in [-0.25, -0.2) is 4.98 Å². The first-order chi connectivity index (χ1) is 15.0. The zero-order valence-corrected chi connectivity index (χ0v) is 18.7. The van der Waals surface area contributed by atoms with Crippen molar-refractivity contribution in [2.24, 2.45) is 5.92 Å². The van der Waals surface area contributed by atoms with Crippen molar-refractivity contribution < 1.29 is 9.53 Å². The Labute approximate surface area is 184 Å². The number of nitrogens with one attached hydrogen (secondary N) is 1. The molecule has 2 heterocycles. The number of aryl methyl sites for hydroxylation is 2. The van der Waals surface area contributed by atoms with Gasteiger partial charge in [-0.05, 0) is 81.4 Å². The van der Waals surface area contributed by atoms with Crippen LogP contribution in [0.3, 0.4) is 0 Å². The van der Waals surface area contributed by atoms with Crippen LogP contribution in [-0.2, 0) is 9.53 Å². The van der Waals surface area contributed by atoms with Crippen molar-refractivity contribution in [3.8, 4) is 0 Å². The number of amides is 1. The molecule has 1 unspecified atom stereocenters. The van der Waals surface area contributed by atoms with E-state index in [0.717, 1.165) is 62.2 Å². The first-order valence-corrected chi connectivity index (χ1v) is 11.5. The highest BCUT2D eigenvalue weighted by Crippen LogP contribution is 2.33. The van der Waals surface area contributed by atoms with Crippen molar-refractivity contribution in [3.05, 3.63) is 41.5 Å². The maximum absolute atomic E-state index is 12.9. The van der Waals surface area contributed by atoms with Crippen LogP contribution < -0.4 is 10.2 Å². The number of carbonyl (C=O) groups is 1. The van der Waals surface area contributed by atoms with E-state index in [2.05, 4.69) is 59.0 Å². The molecule has 5 rings (SSSR count). The minimum atomic E-state index is 0.0690. The van der Waals surface area contributed by atoms with Gasteiger partial charge in [0.2, 0.25) is 11.9 Å². The third-order valence-electron chi connectivity index (χ3n) is 7.28. The topological polar surface area (TPSA) is 59.4 Å². The summed E-state index contributed by atoms with van der Waals surface area (Å²) in [6.45, 7) is 5.97. The Balaban J connectivity index is 1.32. The number of hydrogen-bond donors (Lipinski definition) is 1. The first kappa shape index (κ1) is 20.3. The van der Waals surface area contributed by atoms with Crippen LogP contribution in [0.2, 0.25) is 0 Å². The third kappa shape index (κ3) is 3.67. The number of allylic oxidation sites excluding steroid dienone is 4. The number of fused-ring (bicyclic) bond motifs is 1. The van der Waals surface area contributed by atoms with Crippen molar-refractivity contribution in [2.45, 2.75) is 58.1 Å². The van der Waals surface area contributed by atoms with Crippen LogP contribution in [0.4, 0.5) is 5.95 Å². The smallest absolute Gasteiger partial charge is 0.223 e. The Morgan fingerprint density at radius 3 is 2.55 bits per heavy atom. The maximum atomic E-state index is 12.9. The standard InChI is InChI=1S/C25H32N4O2/c1-16-14-21-22(15-17(16)2)29(19-6-4-7-19)25(27-21)28-12-10-18(11-13-28)24(30)26-20-8-5-9-23(20)31-3/h4,6-7,14-15,18,20,23H,5,8-13H2,1-3H3,(H,26,30)/t20?,23-/m0/s1. The van der Waals surface area contributed by atoms with Gasteiger partial charge in [-0.15, -0.1) is 0 Å². The van der Waals surface area contributed by atoms with Gasteiger partial charge < -0.3 is 15.0 Å². The van der Waals surface area contributed by atoms with Gasteiger partial charge in [-0.3, -0.25) is 9.36 Å². The summed E-state index contributed by atoms with van der Waals surface area (Å²) in [6, 6.07) is 4.59. The number of carbonyl (C=O) groups excluding carboxylic acids is 1. The fourth-order valence-electron chi connectivity index (χ4n) is 5.13. The second-order valence-corrected chi connectivity index (χ2v) is 9.20. The summed E-state index contributed by atoms with van der Waals surface area (Å²) < 4.78 is 7.81. The van der Waals surface area contributed by atoms with Gasteiger partial charge in [0.25, 0.3) is 0 Å². The van der Waals surface area contributed by atoms with Crippen molar-refractivity contribution in [1.82, 2.24) is 14.9 Å². The monoisotopic (exact) mass is 420 g/mol. The predicted molar refractivity (Wildman–Crippen MR) is 124 cm³/mol. The van der Waals surface area contributed by atoms with E-state index in [1.807, 2.05) is 0 Å². The zero-order valence-electron chi connectivity index (χ0n) is 18.7. The molecular weight excluding hydrogens is 388 g/mol. The van der Waals surface area contributed by atoms with E-state index in [1.165, 1.54) is 16.8 Å². The lowest BCUT2D eigenvalue weighted by molar-refractivity contribution is -0.127. The minimum Gasteiger partial charge on any atom is -0.379 e. The number of hydrogen-bond acceptors (Lipinski definition) is 4. The number of rotatable bonds is 5. The number of anilines is 1. The van der Waals surface area contributed by atoms with Gasteiger partial charge in [0.05, 0.1) is 23.2 Å². The molecule has 0 spiro atoms. The van der Waals surface area contributed by atoms with Crippen molar-refractivity contribution in [1.29, 1.82) is 0 Å². The average Bonchev–Trinajstić information content (AvgIpc) is 3.32. The Hall–Kier alpha value is -2.60. The summed E-state index contributed by atoms with van der Waals surface area (Å²) in [5.41, 5.74) is 5.90. The molecule has 1 N–H and O–H groups in total. The number of methoxy groups -OCH3 is 1. The summed E-state index contributed by atoms with van der Waals surface area (Å²) in [7, 11) is 1.75. The Bertz CT molecular complexity index is 1060. The van der Waals surface area contributed by atoms with Crippen LogP contribution in [0.15, 0.2) is 30.4 Å². The molecule has 2 atom stereocenters. The van der Waals surface area contributed by atoms with Crippen molar-refractivity contribution in [2.75, 3.05) is 25.1 Å². The fraction of sp³-hybridized carbons (Fsp3) is 0.520. The van der Waals surface area contributed by atoms with Crippen LogP contribution in [0, 0.1) is 19.8 Å². The molecule has 31 heavy (non-hydrogen) atoms. The van der Waals surface area contributed by atoms with Crippen molar-refractivity contribution >= 4 is 28.6 Å². The quantitative estimate of drug-likeness (QED) is 0.795. The summed E-state index contributed by atoms with van der Waals surface area (Å²) in [4.78, 5) is 20.2. The molecule has 6 nitrogen and oxygen atoms in total. The molecule has 1 saturated heterocycles. The van der Waals surface area contributed by atoms with E-state index in [-0.39, 0.29) is 24.0 Å². The molecule has 1 aromatic carbocycles. The molecule has 1 aliphatic heterocycles.